The molecule has 1 saturated heterocycles. The second-order valence-electron chi connectivity index (χ2n) is 10.7. The minimum absolute atomic E-state index is 0.128. The first-order valence-electron chi connectivity index (χ1n) is 14.0. The largest absolute Gasteiger partial charge is 0.340 e. The third kappa shape index (κ3) is 9.66. The van der Waals surface area contributed by atoms with Crippen LogP contribution in [-0.2, 0) is 37.5 Å². The van der Waals surface area contributed by atoms with Crippen LogP contribution in [0.2, 0.25) is 0 Å². The molecule has 1 heterocycles. The molecule has 1 aliphatic rings. The van der Waals surface area contributed by atoms with Crippen LogP contribution in [0.1, 0.15) is 37.8 Å². The topological polar surface area (TPSA) is 121 Å². The summed E-state index contributed by atoms with van der Waals surface area (Å²) in [6, 6.07) is 16.4. The second-order valence-corrected chi connectivity index (χ2v) is 14.8. The van der Waals surface area contributed by atoms with Crippen molar-refractivity contribution in [1.82, 2.24) is 14.1 Å². The molecule has 0 saturated carbocycles. The highest BCUT2D eigenvalue weighted by atomic mass is 32.2. The number of piperazine rings is 1. The maximum absolute atomic E-state index is 12.9. The minimum atomic E-state index is -3.62. The van der Waals surface area contributed by atoms with Gasteiger partial charge in [-0.25, -0.2) is 16.8 Å². The Morgan fingerprint density at radius 3 is 2.17 bits per heavy atom. The van der Waals surface area contributed by atoms with Gasteiger partial charge in [-0.2, -0.15) is 4.31 Å². The van der Waals surface area contributed by atoms with Crippen molar-refractivity contribution in [1.29, 1.82) is 0 Å². The molecule has 40 heavy (non-hydrogen) atoms. The molecule has 0 spiro atoms. The summed E-state index contributed by atoms with van der Waals surface area (Å²) in [7, 11) is -6.82. The Kier molecular flexibility index (Phi) is 11.7. The zero-order chi connectivity index (χ0) is 29.3. The highest BCUT2D eigenvalue weighted by Crippen LogP contribution is 2.16. The van der Waals surface area contributed by atoms with Crippen LogP contribution in [-0.4, -0.2) is 100 Å². The number of sulfone groups is 1. The van der Waals surface area contributed by atoms with Crippen LogP contribution in [0.4, 0.5) is 0 Å². The minimum Gasteiger partial charge on any atom is -0.340 e. The summed E-state index contributed by atoms with van der Waals surface area (Å²) >= 11 is 0. The fourth-order valence-corrected chi connectivity index (χ4v) is 7.33. The first kappa shape index (κ1) is 32.2. The fraction of sp³-hybridized carbons (Fsp3) is 0.552. The lowest BCUT2D eigenvalue weighted by Gasteiger charge is -2.34. The number of hydrogen-bond donors (Lipinski definition) is 1. The molecular formula is C29H44N4O5S2. The fourth-order valence-electron chi connectivity index (χ4n) is 5.16. The van der Waals surface area contributed by atoms with Gasteiger partial charge in [-0.1, -0.05) is 49.4 Å². The average molecular weight is 593 g/mol. The lowest BCUT2D eigenvalue weighted by atomic mass is 10.1. The number of benzene rings is 2. The molecular weight excluding hydrogens is 548 g/mol. The van der Waals surface area contributed by atoms with Gasteiger partial charge in [-0.05, 0) is 69.0 Å². The molecule has 9 nitrogen and oxygen atoms in total. The second kappa shape index (κ2) is 14.5. The molecule has 2 atom stereocenters. The van der Waals surface area contributed by atoms with Crippen LogP contribution in [0, 0.1) is 0 Å². The number of likely N-dealkylation sites (N-methyl/N-ethyl adjacent to an activating group) is 1. The smallest absolute Gasteiger partial charge is 0.237 e. The van der Waals surface area contributed by atoms with E-state index in [0.29, 0.717) is 31.0 Å². The molecule has 2 unspecified atom stereocenters. The summed E-state index contributed by atoms with van der Waals surface area (Å²) in [5.41, 5.74) is 8.22. The van der Waals surface area contributed by atoms with Gasteiger partial charge in [0.25, 0.3) is 0 Å². The number of amides is 1. The van der Waals surface area contributed by atoms with Gasteiger partial charge < -0.3 is 15.5 Å². The lowest BCUT2D eigenvalue weighted by Crippen LogP contribution is -2.54. The van der Waals surface area contributed by atoms with Gasteiger partial charge in [0, 0.05) is 38.0 Å². The number of hydrogen-bond acceptors (Lipinski definition) is 7. The number of nitrogens with zero attached hydrogens (tertiary/aromatic N) is 3. The van der Waals surface area contributed by atoms with E-state index in [0.717, 1.165) is 43.5 Å². The van der Waals surface area contributed by atoms with Gasteiger partial charge in [0.1, 0.15) is 0 Å². The summed E-state index contributed by atoms with van der Waals surface area (Å²) in [6.07, 6.45) is 4.26. The van der Waals surface area contributed by atoms with Crippen molar-refractivity contribution in [2.45, 2.75) is 56.5 Å². The quantitative estimate of drug-likeness (QED) is 0.315. The van der Waals surface area contributed by atoms with E-state index in [4.69, 9.17) is 5.73 Å². The lowest BCUT2D eigenvalue weighted by molar-refractivity contribution is -0.134. The van der Waals surface area contributed by atoms with E-state index in [1.165, 1.54) is 10.6 Å². The molecule has 1 aliphatic heterocycles. The van der Waals surface area contributed by atoms with Gasteiger partial charge in [-0.15, -0.1) is 0 Å². The van der Waals surface area contributed by atoms with E-state index in [1.807, 2.05) is 42.5 Å². The van der Waals surface area contributed by atoms with Crippen LogP contribution in [0.3, 0.4) is 0 Å². The van der Waals surface area contributed by atoms with Crippen molar-refractivity contribution < 1.29 is 21.6 Å². The average Bonchev–Trinajstić information content (AvgIpc) is 2.89. The van der Waals surface area contributed by atoms with Crippen LogP contribution in [0.25, 0.3) is 0 Å². The highest BCUT2D eigenvalue weighted by molar-refractivity contribution is 7.90. The summed E-state index contributed by atoms with van der Waals surface area (Å²) < 4.78 is 50.5. The van der Waals surface area contributed by atoms with Crippen LogP contribution in [0.15, 0.2) is 59.5 Å². The van der Waals surface area contributed by atoms with Gasteiger partial charge in [0.2, 0.25) is 15.9 Å². The monoisotopic (exact) mass is 592 g/mol. The number of carbonyl (C=O) groups is 1. The first-order chi connectivity index (χ1) is 18.9. The van der Waals surface area contributed by atoms with Crippen molar-refractivity contribution in [2.24, 2.45) is 5.73 Å². The zero-order valence-electron chi connectivity index (χ0n) is 23.9. The van der Waals surface area contributed by atoms with E-state index >= 15 is 0 Å². The van der Waals surface area contributed by atoms with Gasteiger partial charge >= 0.3 is 0 Å². The van der Waals surface area contributed by atoms with Crippen molar-refractivity contribution in [2.75, 3.05) is 51.3 Å². The number of rotatable bonds is 15. The maximum Gasteiger partial charge on any atom is 0.237 e. The number of sulfonamides is 1. The Bertz CT molecular complexity index is 1300. The highest BCUT2D eigenvalue weighted by Gasteiger charge is 2.32. The van der Waals surface area contributed by atoms with Crippen LogP contribution < -0.4 is 5.73 Å². The molecule has 0 bridgehead atoms. The third-order valence-corrected chi connectivity index (χ3v) is 10.6. The van der Waals surface area contributed by atoms with Gasteiger partial charge in [0.05, 0.1) is 17.2 Å². The number of unbranched alkanes of at least 4 members (excludes halogenated alkanes) is 1. The van der Waals surface area contributed by atoms with Crippen molar-refractivity contribution in [3.8, 4) is 0 Å². The predicted molar refractivity (Wildman–Crippen MR) is 159 cm³/mol. The Morgan fingerprint density at radius 2 is 1.57 bits per heavy atom. The molecule has 1 amide bonds. The summed E-state index contributed by atoms with van der Waals surface area (Å²) in [5.74, 6) is -0.341. The Hall–Kier alpha value is -2.31. The summed E-state index contributed by atoms with van der Waals surface area (Å²) in [5, 5.41) is 0. The molecule has 2 aromatic rings. The molecule has 222 valence electrons. The number of nitrogens with two attached hydrogens (primary N) is 1. The molecule has 11 heteroatoms. The standard InChI is InChI=1S/C29H44N4O5S2/c1-4-31(24(2)20-26-12-14-28(15-13-26)39(3,35)36)16-8-9-17-32-18-19-33(22-29(32)34)40(37,38)23-27(30)21-25-10-6-5-7-11-25/h5-7,10-15,24,27H,4,8-9,16-23,30H2,1-3H3. The normalized spacial score (nSPS) is 16.8. The predicted octanol–water partition coefficient (Wildman–Crippen LogP) is 2.17. The Labute approximate surface area is 240 Å². The number of carbonyl (C=O) groups excluding carboxylic acids is 1. The molecule has 2 N–H and O–H groups in total. The third-order valence-electron chi connectivity index (χ3n) is 7.48. The molecule has 0 radical (unpaired) electrons. The molecule has 0 aromatic heterocycles. The van der Waals surface area contributed by atoms with Crippen LogP contribution >= 0.6 is 0 Å². The van der Waals surface area contributed by atoms with Crippen molar-refractivity contribution in [3.63, 3.8) is 0 Å². The Morgan fingerprint density at radius 1 is 0.925 bits per heavy atom. The summed E-state index contributed by atoms with van der Waals surface area (Å²) in [6.45, 7) is 7.24. The zero-order valence-corrected chi connectivity index (χ0v) is 25.5. The SMILES string of the molecule is CCN(CCCCN1CCN(S(=O)(=O)CC(N)Cc2ccccc2)CC1=O)C(C)Cc1ccc(S(C)(=O)=O)cc1. The van der Waals surface area contributed by atoms with E-state index < -0.39 is 25.9 Å². The molecule has 1 fully saturated rings. The van der Waals surface area contributed by atoms with Gasteiger partial charge in [0.15, 0.2) is 9.84 Å². The molecule has 3 rings (SSSR count). The van der Waals surface area contributed by atoms with Crippen LogP contribution in [0.5, 0.6) is 0 Å². The maximum atomic E-state index is 12.9. The summed E-state index contributed by atoms with van der Waals surface area (Å²) in [4.78, 5) is 17.2. The Balaban J connectivity index is 1.40. The van der Waals surface area contributed by atoms with Crippen molar-refractivity contribution >= 4 is 25.8 Å². The first-order valence-corrected chi connectivity index (χ1v) is 17.5. The van der Waals surface area contributed by atoms with E-state index in [-0.39, 0.29) is 24.2 Å². The van der Waals surface area contributed by atoms with E-state index in [1.54, 1.807) is 17.0 Å². The van der Waals surface area contributed by atoms with Crippen molar-refractivity contribution in [3.05, 3.63) is 65.7 Å². The van der Waals surface area contributed by atoms with E-state index in [2.05, 4.69) is 18.7 Å². The van der Waals surface area contributed by atoms with E-state index in [9.17, 15) is 21.6 Å². The molecule has 0 aliphatic carbocycles. The van der Waals surface area contributed by atoms with Gasteiger partial charge in [-0.3, -0.25) is 4.79 Å². The molecule has 2 aromatic carbocycles.